The summed E-state index contributed by atoms with van der Waals surface area (Å²) in [5, 5.41) is 2.05. The highest BCUT2D eigenvalue weighted by molar-refractivity contribution is 5.95. The molecular weight excluding hydrogens is 357 g/mol. The standard InChI is InChI=1S/C16H25F3N2O5/c1-5-25-15(24)12-11(26-12)13(22)20-10(8-16(17,18)19)14(23)21(4)7-6-9(2)3/h9-12H,5-8H2,1-4H3,(H,20,22)/t10?,11-,12-/m0/s1. The number of amides is 2. The zero-order valence-electron chi connectivity index (χ0n) is 15.3. The number of carbonyl (C=O) groups is 3. The molecule has 1 unspecified atom stereocenters. The minimum Gasteiger partial charge on any atom is -0.464 e. The fraction of sp³-hybridized carbons (Fsp3) is 0.812. The summed E-state index contributed by atoms with van der Waals surface area (Å²) in [5.74, 6) is -2.28. The van der Waals surface area contributed by atoms with Crippen molar-refractivity contribution >= 4 is 17.8 Å². The van der Waals surface area contributed by atoms with Crippen molar-refractivity contribution in [2.24, 2.45) is 5.92 Å². The number of epoxide rings is 1. The van der Waals surface area contributed by atoms with Crippen molar-refractivity contribution in [2.75, 3.05) is 20.2 Å². The smallest absolute Gasteiger partial charge is 0.391 e. The van der Waals surface area contributed by atoms with Crippen LogP contribution in [0.1, 0.15) is 33.6 Å². The van der Waals surface area contributed by atoms with E-state index in [2.05, 4.69) is 4.74 Å². The Morgan fingerprint density at radius 2 is 1.85 bits per heavy atom. The highest BCUT2D eigenvalue weighted by Crippen LogP contribution is 2.26. The number of hydrogen-bond donors (Lipinski definition) is 1. The molecule has 0 aromatic carbocycles. The maximum Gasteiger partial charge on any atom is 0.391 e. The molecule has 150 valence electrons. The molecule has 3 atom stereocenters. The van der Waals surface area contributed by atoms with Crippen molar-refractivity contribution in [3.63, 3.8) is 0 Å². The van der Waals surface area contributed by atoms with Crippen molar-refractivity contribution in [3.05, 3.63) is 0 Å². The summed E-state index contributed by atoms with van der Waals surface area (Å²) in [4.78, 5) is 36.9. The Bertz CT molecular complexity index is 525. The molecule has 1 rings (SSSR count). The lowest BCUT2D eigenvalue weighted by molar-refractivity contribution is -0.155. The van der Waals surface area contributed by atoms with Crippen LogP contribution in [-0.4, -0.2) is 67.3 Å². The second kappa shape index (κ2) is 9.20. The molecule has 7 nitrogen and oxygen atoms in total. The van der Waals surface area contributed by atoms with E-state index in [1.54, 1.807) is 6.92 Å². The van der Waals surface area contributed by atoms with Crippen LogP contribution in [0.4, 0.5) is 13.2 Å². The molecule has 0 aromatic rings. The molecule has 0 bridgehead atoms. The van der Waals surface area contributed by atoms with Crippen LogP contribution in [0.25, 0.3) is 0 Å². The largest absolute Gasteiger partial charge is 0.464 e. The monoisotopic (exact) mass is 382 g/mol. The fourth-order valence-electron chi connectivity index (χ4n) is 2.23. The lowest BCUT2D eigenvalue weighted by Crippen LogP contribution is -2.51. The van der Waals surface area contributed by atoms with Crippen LogP contribution in [0, 0.1) is 5.92 Å². The minimum atomic E-state index is -4.64. The molecule has 1 aliphatic heterocycles. The van der Waals surface area contributed by atoms with Crippen LogP contribution in [0.5, 0.6) is 0 Å². The number of alkyl halides is 3. The molecule has 1 fully saturated rings. The molecule has 0 saturated carbocycles. The summed E-state index contributed by atoms with van der Waals surface area (Å²) >= 11 is 0. The van der Waals surface area contributed by atoms with Crippen molar-refractivity contribution in [1.29, 1.82) is 0 Å². The van der Waals surface area contributed by atoms with Gasteiger partial charge in [-0.3, -0.25) is 9.59 Å². The van der Waals surface area contributed by atoms with Gasteiger partial charge in [-0.2, -0.15) is 13.2 Å². The van der Waals surface area contributed by atoms with Crippen LogP contribution >= 0.6 is 0 Å². The number of halogens is 3. The second-order valence-corrected chi connectivity index (χ2v) is 6.55. The van der Waals surface area contributed by atoms with Gasteiger partial charge in [-0.15, -0.1) is 0 Å². The van der Waals surface area contributed by atoms with E-state index in [0.717, 1.165) is 4.90 Å². The molecule has 1 N–H and O–H groups in total. The normalized spacial score (nSPS) is 20.5. The van der Waals surface area contributed by atoms with E-state index < -0.39 is 48.6 Å². The van der Waals surface area contributed by atoms with Crippen LogP contribution in [-0.2, 0) is 23.9 Å². The average molecular weight is 382 g/mol. The third-order valence-electron chi connectivity index (χ3n) is 3.74. The Kier molecular flexibility index (Phi) is 7.86. The third-order valence-corrected chi connectivity index (χ3v) is 3.74. The van der Waals surface area contributed by atoms with E-state index in [1.807, 2.05) is 19.2 Å². The van der Waals surface area contributed by atoms with Crippen molar-refractivity contribution in [2.45, 2.75) is 58.0 Å². The number of nitrogens with one attached hydrogen (secondary N) is 1. The van der Waals surface area contributed by atoms with Gasteiger partial charge < -0.3 is 19.7 Å². The maximum atomic E-state index is 12.8. The summed E-state index contributed by atoms with van der Waals surface area (Å²) in [5.41, 5.74) is 0. The summed E-state index contributed by atoms with van der Waals surface area (Å²) < 4.78 is 47.9. The summed E-state index contributed by atoms with van der Waals surface area (Å²) in [6, 6.07) is -1.77. The van der Waals surface area contributed by atoms with E-state index in [0.29, 0.717) is 6.42 Å². The summed E-state index contributed by atoms with van der Waals surface area (Å²) in [6.07, 6.45) is -7.91. The number of hydrogen-bond acceptors (Lipinski definition) is 5. The Balaban J connectivity index is 2.70. The number of nitrogens with zero attached hydrogens (tertiary/aromatic N) is 1. The molecule has 10 heteroatoms. The lowest BCUT2D eigenvalue weighted by atomic mass is 10.1. The first-order valence-corrected chi connectivity index (χ1v) is 8.40. The lowest BCUT2D eigenvalue weighted by Gasteiger charge is -2.25. The average Bonchev–Trinajstić information content (AvgIpc) is 3.30. The quantitative estimate of drug-likeness (QED) is 0.479. The van der Waals surface area contributed by atoms with Crippen LogP contribution in [0.2, 0.25) is 0 Å². The van der Waals surface area contributed by atoms with Gasteiger partial charge in [0.2, 0.25) is 5.91 Å². The van der Waals surface area contributed by atoms with Crippen LogP contribution in [0.3, 0.4) is 0 Å². The summed E-state index contributed by atoms with van der Waals surface area (Å²) in [7, 11) is 1.38. The number of ether oxygens (including phenoxy) is 2. The molecule has 1 saturated heterocycles. The molecule has 26 heavy (non-hydrogen) atoms. The van der Waals surface area contributed by atoms with Gasteiger partial charge in [0.1, 0.15) is 6.04 Å². The van der Waals surface area contributed by atoms with E-state index in [1.165, 1.54) is 7.05 Å². The van der Waals surface area contributed by atoms with Crippen LogP contribution in [0.15, 0.2) is 0 Å². The van der Waals surface area contributed by atoms with E-state index in [9.17, 15) is 27.6 Å². The Morgan fingerprint density at radius 3 is 2.35 bits per heavy atom. The van der Waals surface area contributed by atoms with E-state index >= 15 is 0 Å². The van der Waals surface area contributed by atoms with Crippen molar-refractivity contribution in [1.82, 2.24) is 10.2 Å². The maximum absolute atomic E-state index is 12.8. The zero-order chi connectivity index (χ0) is 20.1. The fourth-order valence-corrected chi connectivity index (χ4v) is 2.23. The first-order valence-electron chi connectivity index (χ1n) is 8.40. The Hall–Kier alpha value is -1.84. The molecule has 0 spiro atoms. The molecule has 1 heterocycles. The van der Waals surface area contributed by atoms with Gasteiger partial charge >= 0.3 is 12.1 Å². The zero-order valence-corrected chi connectivity index (χ0v) is 15.3. The molecule has 0 aliphatic carbocycles. The molecule has 1 aliphatic rings. The SMILES string of the molecule is CCOC(=O)[C@H]1O[C@@H]1C(=O)NC(CC(F)(F)F)C(=O)N(C)CCC(C)C. The topological polar surface area (TPSA) is 88.2 Å². The Morgan fingerprint density at radius 1 is 1.23 bits per heavy atom. The van der Waals surface area contributed by atoms with Gasteiger partial charge in [0.25, 0.3) is 5.91 Å². The number of likely N-dealkylation sites (N-methyl/N-ethyl adjacent to an activating group) is 1. The van der Waals surface area contributed by atoms with Gasteiger partial charge in [0.15, 0.2) is 12.2 Å². The minimum absolute atomic E-state index is 0.0862. The first-order chi connectivity index (χ1) is 12.0. The second-order valence-electron chi connectivity index (χ2n) is 6.55. The van der Waals surface area contributed by atoms with Gasteiger partial charge in [-0.05, 0) is 19.3 Å². The Labute approximate surface area is 150 Å². The van der Waals surface area contributed by atoms with Gasteiger partial charge in [0, 0.05) is 13.6 Å². The van der Waals surface area contributed by atoms with E-state index in [4.69, 9.17) is 4.74 Å². The predicted molar refractivity (Wildman–Crippen MR) is 85.0 cm³/mol. The predicted octanol–water partition coefficient (Wildman–Crippen LogP) is 1.26. The number of esters is 1. The third kappa shape index (κ3) is 7.19. The molecule has 0 aromatic heterocycles. The molecule has 0 radical (unpaired) electrons. The first kappa shape index (κ1) is 22.2. The van der Waals surface area contributed by atoms with Gasteiger partial charge in [0.05, 0.1) is 13.0 Å². The highest BCUT2D eigenvalue weighted by Gasteiger charge is 2.52. The van der Waals surface area contributed by atoms with Gasteiger partial charge in [-0.1, -0.05) is 13.8 Å². The van der Waals surface area contributed by atoms with Gasteiger partial charge in [-0.25, -0.2) is 4.79 Å². The number of carbonyl (C=O) groups excluding carboxylic acids is 3. The van der Waals surface area contributed by atoms with E-state index in [-0.39, 0.29) is 19.1 Å². The highest BCUT2D eigenvalue weighted by atomic mass is 19.4. The molecule has 2 amide bonds. The van der Waals surface area contributed by atoms with Crippen LogP contribution < -0.4 is 5.32 Å². The number of rotatable bonds is 9. The molecular formula is C16H25F3N2O5. The van der Waals surface area contributed by atoms with Crippen molar-refractivity contribution < 1.29 is 37.0 Å². The summed E-state index contributed by atoms with van der Waals surface area (Å²) in [6.45, 7) is 5.77. The van der Waals surface area contributed by atoms with Crippen molar-refractivity contribution in [3.8, 4) is 0 Å².